The van der Waals surface area contributed by atoms with Crippen LogP contribution in [-0.2, 0) is 14.8 Å². The molecule has 3 aromatic rings. The monoisotopic (exact) mass is 486 g/mol. The van der Waals surface area contributed by atoms with Gasteiger partial charge in [0.2, 0.25) is 5.91 Å². The number of hydrogen-bond donors (Lipinski definition) is 1. The average Bonchev–Trinajstić information content (AvgIpc) is 2.81. The van der Waals surface area contributed by atoms with Crippen LogP contribution in [0.1, 0.15) is 0 Å². The molecule has 0 aromatic heterocycles. The summed E-state index contributed by atoms with van der Waals surface area (Å²) in [6.07, 6.45) is 1.61. The van der Waals surface area contributed by atoms with Gasteiger partial charge in [0.05, 0.1) is 17.7 Å². The topological polar surface area (TPSA) is 84.9 Å². The first-order chi connectivity index (χ1) is 15.8. The quantitative estimate of drug-likeness (QED) is 0.418. The number of rotatable bonds is 10. The molecule has 3 rings (SSSR count). The molecule has 172 valence electrons. The lowest BCUT2D eigenvalue weighted by Gasteiger charge is -2.24. The summed E-state index contributed by atoms with van der Waals surface area (Å²) in [5, 5.41) is 3.05. The van der Waals surface area contributed by atoms with Gasteiger partial charge in [0.25, 0.3) is 10.0 Å². The van der Waals surface area contributed by atoms with E-state index in [9.17, 15) is 13.2 Å². The van der Waals surface area contributed by atoms with Crippen LogP contribution in [-0.4, -0.2) is 34.6 Å². The first-order valence-corrected chi connectivity index (χ1v) is 11.7. The second-order valence-electron chi connectivity index (χ2n) is 6.84. The van der Waals surface area contributed by atoms with Crippen LogP contribution in [0.25, 0.3) is 0 Å². The van der Waals surface area contributed by atoms with Gasteiger partial charge >= 0.3 is 0 Å². The summed E-state index contributed by atoms with van der Waals surface area (Å²) in [7, 11) is -2.59. The third-order valence-corrected chi connectivity index (χ3v) is 6.54. The number of benzene rings is 3. The van der Waals surface area contributed by atoms with E-state index in [4.69, 9.17) is 21.1 Å². The Hall–Kier alpha value is -3.49. The molecule has 0 saturated carbocycles. The molecule has 1 N–H and O–H groups in total. The number of nitrogens with one attached hydrogen (secondary N) is 1. The average molecular weight is 487 g/mol. The van der Waals surface area contributed by atoms with Gasteiger partial charge in [0.1, 0.15) is 24.7 Å². The number of amides is 1. The van der Waals surface area contributed by atoms with Gasteiger partial charge in [-0.1, -0.05) is 36.4 Å². The summed E-state index contributed by atoms with van der Waals surface area (Å²) in [5.41, 5.74) is 0.728. The lowest BCUT2D eigenvalue weighted by atomic mass is 10.3. The van der Waals surface area contributed by atoms with E-state index >= 15 is 0 Å². The molecule has 0 bridgehead atoms. The van der Waals surface area contributed by atoms with Crippen LogP contribution in [0.15, 0.2) is 90.3 Å². The molecule has 9 heteroatoms. The SMILES string of the molecule is C=CCOc1cccc(NC(=O)CN(c2cccc(Cl)c2)S(=O)(=O)c2ccc(OC)cc2)c1. The molecular weight excluding hydrogens is 464 g/mol. The van der Waals surface area contributed by atoms with Gasteiger partial charge in [0.15, 0.2) is 0 Å². The van der Waals surface area contributed by atoms with Gasteiger partial charge in [-0.05, 0) is 54.6 Å². The van der Waals surface area contributed by atoms with Gasteiger partial charge in [-0.3, -0.25) is 9.10 Å². The van der Waals surface area contributed by atoms with E-state index in [0.29, 0.717) is 28.8 Å². The molecular formula is C24H23ClN2O5S. The highest BCUT2D eigenvalue weighted by Gasteiger charge is 2.27. The molecule has 0 aliphatic heterocycles. The zero-order chi connectivity index (χ0) is 23.8. The molecule has 0 aliphatic rings. The van der Waals surface area contributed by atoms with Crippen molar-refractivity contribution >= 4 is 38.9 Å². The van der Waals surface area contributed by atoms with Crippen molar-refractivity contribution in [2.75, 3.05) is 29.9 Å². The number of carbonyl (C=O) groups excluding carboxylic acids is 1. The van der Waals surface area contributed by atoms with Crippen molar-refractivity contribution in [3.8, 4) is 11.5 Å². The highest BCUT2D eigenvalue weighted by Crippen LogP contribution is 2.27. The van der Waals surface area contributed by atoms with E-state index in [-0.39, 0.29) is 10.6 Å². The zero-order valence-electron chi connectivity index (χ0n) is 17.9. The Morgan fingerprint density at radius 3 is 2.45 bits per heavy atom. The molecule has 0 fully saturated rings. The number of nitrogens with zero attached hydrogens (tertiary/aromatic N) is 1. The third kappa shape index (κ3) is 6.27. The maximum Gasteiger partial charge on any atom is 0.264 e. The third-order valence-electron chi connectivity index (χ3n) is 4.52. The lowest BCUT2D eigenvalue weighted by Crippen LogP contribution is -2.38. The summed E-state index contributed by atoms with van der Waals surface area (Å²) >= 11 is 6.09. The number of halogens is 1. The van der Waals surface area contributed by atoms with E-state index < -0.39 is 22.5 Å². The van der Waals surface area contributed by atoms with Crippen LogP contribution in [0.3, 0.4) is 0 Å². The van der Waals surface area contributed by atoms with E-state index in [1.165, 1.54) is 37.4 Å². The molecule has 0 spiro atoms. The van der Waals surface area contributed by atoms with E-state index in [1.807, 2.05) is 0 Å². The van der Waals surface area contributed by atoms with Crippen LogP contribution < -0.4 is 19.1 Å². The van der Waals surface area contributed by atoms with Crippen molar-refractivity contribution in [3.05, 3.63) is 90.5 Å². The standard InChI is InChI=1S/C24H23ClN2O5S/c1-3-14-32-22-9-5-7-19(16-22)26-24(28)17-27(20-8-4-6-18(25)15-20)33(29,30)23-12-10-21(31-2)11-13-23/h3-13,15-16H,1,14,17H2,2H3,(H,26,28). The minimum atomic E-state index is -4.08. The van der Waals surface area contributed by atoms with Crippen molar-refractivity contribution in [1.29, 1.82) is 0 Å². The summed E-state index contributed by atoms with van der Waals surface area (Å²) in [4.78, 5) is 12.9. The highest BCUT2D eigenvalue weighted by molar-refractivity contribution is 7.92. The molecule has 0 unspecified atom stereocenters. The Labute approximate surface area is 198 Å². The number of hydrogen-bond acceptors (Lipinski definition) is 5. The molecule has 0 aliphatic carbocycles. The lowest BCUT2D eigenvalue weighted by molar-refractivity contribution is -0.114. The normalized spacial score (nSPS) is 10.8. The van der Waals surface area contributed by atoms with Crippen molar-refractivity contribution in [2.45, 2.75) is 4.90 Å². The number of anilines is 2. The zero-order valence-corrected chi connectivity index (χ0v) is 19.5. The molecule has 0 radical (unpaired) electrons. The summed E-state index contributed by atoms with van der Waals surface area (Å²) in [6, 6.07) is 19.0. The first kappa shape index (κ1) is 24.2. The fraction of sp³-hybridized carbons (Fsp3) is 0.125. The number of sulfonamides is 1. The van der Waals surface area contributed by atoms with Crippen LogP contribution in [0.4, 0.5) is 11.4 Å². The molecule has 3 aromatic carbocycles. The minimum Gasteiger partial charge on any atom is -0.497 e. The first-order valence-electron chi connectivity index (χ1n) is 9.89. The predicted octanol–water partition coefficient (Wildman–Crippen LogP) is 4.75. The molecule has 0 atom stereocenters. The van der Waals surface area contributed by atoms with Crippen molar-refractivity contribution in [1.82, 2.24) is 0 Å². The Bertz CT molecular complexity index is 1230. The van der Waals surface area contributed by atoms with Crippen molar-refractivity contribution in [3.63, 3.8) is 0 Å². The summed E-state index contributed by atoms with van der Waals surface area (Å²) < 4.78 is 38.5. The summed E-state index contributed by atoms with van der Waals surface area (Å²) in [6.45, 7) is 3.45. The van der Waals surface area contributed by atoms with Gasteiger partial charge in [-0.2, -0.15) is 0 Å². The fourth-order valence-electron chi connectivity index (χ4n) is 2.97. The highest BCUT2D eigenvalue weighted by atomic mass is 35.5. The fourth-order valence-corrected chi connectivity index (χ4v) is 4.57. The predicted molar refractivity (Wildman–Crippen MR) is 130 cm³/mol. The van der Waals surface area contributed by atoms with Gasteiger partial charge in [0, 0.05) is 16.8 Å². The van der Waals surface area contributed by atoms with E-state index in [2.05, 4.69) is 11.9 Å². The number of ether oxygens (including phenoxy) is 2. The van der Waals surface area contributed by atoms with Crippen LogP contribution >= 0.6 is 11.6 Å². The Morgan fingerprint density at radius 1 is 1.06 bits per heavy atom. The number of methoxy groups -OCH3 is 1. The Kier molecular flexibility index (Phi) is 7.97. The maximum absolute atomic E-state index is 13.4. The molecule has 33 heavy (non-hydrogen) atoms. The van der Waals surface area contributed by atoms with Gasteiger partial charge < -0.3 is 14.8 Å². The Balaban J connectivity index is 1.88. The van der Waals surface area contributed by atoms with Gasteiger partial charge in [-0.25, -0.2) is 8.42 Å². The molecule has 0 saturated heterocycles. The summed E-state index contributed by atoms with van der Waals surface area (Å²) in [5.74, 6) is 0.526. The van der Waals surface area contributed by atoms with Crippen molar-refractivity contribution in [2.24, 2.45) is 0 Å². The molecule has 0 heterocycles. The van der Waals surface area contributed by atoms with Crippen LogP contribution in [0.5, 0.6) is 11.5 Å². The largest absolute Gasteiger partial charge is 0.497 e. The molecule has 1 amide bonds. The van der Waals surface area contributed by atoms with Crippen LogP contribution in [0, 0.1) is 0 Å². The number of carbonyl (C=O) groups is 1. The minimum absolute atomic E-state index is 0.0101. The second kappa shape index (κ2) is 10.9. The van der Waals surface area contributed by atoms with Crippen LogP contribution in [0.2, 0.25) is 5.02 Å². The van der Waals surface area contributed by atoms with Gasteiger partial charge in [-0.15, -0.1) is 0 Å². The second-order valence-corrected chi connectivity index (χ2v) is 9.14. The van der Waals surface area contributed by atoms with E-state index in [0.717, 1.165) is 4.31 Å². The van der Waals surface area contributed by atoms with Crippen molar-refractivity contribution < 1.29 is 22.7 Å². The Morgan fingerprint density at radius 2 is 1.79 bits per heavy atom. The van der Waals surface area contributed by atoms with E-state index in [1.54, 1.807) is 48.5 Å². The smallest absolute Gasteiger partial charge is 0.264 e. The maximum atomic E-state index is 13.4. The molecule has 7 nitrogen and oxygen atoms in total.